The number of rotatable bonds is 44. The van der Waals surface area contributed by atoms with Crippen LogP contribution in [0, 0.1) is 5.92 Å². The summed E-state index contributed by atoms with van der Waals surface area (Å²) in [6, 6.07) is 0. The Balaban J connectivity index is 3.28. The van der Waals surface area contributed by atoms with Gasteiger partial charge in [0.1, 0.15) is 0 Å². The Morgan fingerprint density at radius 2 is 0.429 bits per heavy atom. The van der Waals surface area contributed by atoms with Gasteiger partial charge in [-0.15, -0.1) is 0 Å². The van der Waals surface area contributed by atoms with Crippen LogP contribution in [-0.4, -0.2) is 11.1 Å². The fourth-order valence-corrected chi connectivity index (χ4v) is 7.86. The molecule has 1 N–H and O–H groups in total. The maximum Gasteiger partial charge on any atom is 0.306 e. The van der Waals surface area contributed by atoms with E-state index in [-0.39, 0.29) is 5.92 Å². The predicted molar refractivity (Wildman–Crippen MR) is 221 cm³/mol. The highest BCUT2D eigenvalue weighted by Gasteiger charge is 2.16. The van der Waals surface area contributed by atoms with Gasteiger partial charge in [0.05, 0.1) is 5.92 Å². The van der Waals surface area contributed by atoms with Crippen molar-refractivity contribution in [1.29, 1.82) is 0 Å². The summed E-state index contributed by atoms with van der Waals surface area (Å²) in [6.45, 7) is 4.59. The van der Waals surface area contributed by atoms with Gasteiger partial charge in [-0.2, -0.15) is 0 Å². The number of hydrogen-bond acceptors (Lipinski definition) is 1. The SMILES string of the molecule is CCCCCCCCCCCCCCCCCCCCCCCCCCCCCCCC(CCCCCCCCCCCCCC)C(=O)O. The average Bonchev–Trinajstić information content (AvgIpc) is 3.10. The van der Waals surface area contributed by atoms with Gasteiger partial charge in [0.2, 0.25) is 0 Å². The lowest BCUT2D eigenvalue weighted by molar-refractivity contribution is -0.142. The van der Waals surface area contributed by atoms with E-state index in [1.807, 2.05) is 0 Å². The van der Waals surface area contributed by atoms with Crippen LogP contribution in [0.1, 0.15) is 290 Å². The molecule has 0 aromatic rings. The first-order valence-electron chi connectivity index (χ1n) is 23.4. The minimum absolute atomic E-state index is 0.1000. The number of unbranched alkanes of at least 4 members (excludes halogenated alkanes) is 39. The van der Waals surface area contributed by atoms with E-state index in [0.717, 1.165) is 25.7 Å². The third kappa shape index (κ3) is 41.8. The van der Waals surface area contributed by atoms with Crippen LogP contribution in [0.4, 0.5) is 0 Å². The first kappa shape index (κ1) is 48.5. The van der Waals surface area contributed by atoms with E-state index in [1.165, 1.54) is 250 Å². The molecule has 0 aliphatic carbocycles. The molecule has 0 amide bonds. The van der Waals surface area contributed by atoms with Crippen LogP contribution in [0.3, 0.4) is 0 Å². The van der Waals surface area contributed by atoms with Crippen LogP contribution in [-0.2, 0) is 4.79 Å². The molecule has 0 bridgehead atoms. The van der Waals surface area contributed by atoms with Crippen molar-refractivity contribution in [3.8, 4) is 0 Å². The molecule has 2 nitrogen and oxygen atoms in total. The monoisotopic (exact) mass is 691 g/mol. The molecule has 0 fully saturated rings. The standard InChI is InChI=1S/C47H94O2/c1-3-5-7-9-11-13-15-17-18-19-20-21-22-23-24-25-26-27-28-29-30-31-32-33-35-37-39-41-43-45-46(47(48)49)44-42-40-38-36-34-16-14-12-10-8-6-4-2/h46H,3-45H2,1-2H3,(H,48,49). The summed E-state index contributed by atoms with van der Waals surface area (Å²) in [5.74, 6) is -0.652. The zero-order chi connectivity index (χ0) is 35.6. The minimum atomic E-state index is -0.553. The molecule has 0 saturated carbocycles. The molecule has 1 atom stereocenters. The molecule has 0 spiro atoms. The Kier molecular flexibility index (Phi) is 43.2. The molecule has 0 heterocycles. The summed E-state index contributed by atoms with van der Waals surface area (Å²) in [6.07, 6.45) is 59.2. The first-order valence-corrected chi connectivity index (χ1v) is 23.4. The molecule has 0 saturated heterocycles. The second kappa shape index (κ2) is 43.6. The van der Waals surface area contributed by atoms with E-state index in [0.29, 0.717) is 0 Å². The van der Waals surface area contributed by atoms with Crippen molar-refractivity contribution in [3.05, 3.63) is 0 Å². The number of hydrogen-bond donors (Lipinski definition) is 1. The number of aliphatic carboxylic acids is 1. The summed E-state index contributed by atoms with van der Waals surface area (Å²) in [4.78, 5) is 11.7. The summed E-state index contributed by atoms with van der Waals surface area (Å²) in [7, 11) is 0. The van der Waals surface area contributed by atoms with Crippen LogP contribution in [0.2, 0.25) is 0 Å². The first-order chi connectivity index (χ1) is 24.2. The molecular formula is C47H94O2. The smallest absolute Gasteiger partial charge is 0.306 e. The minimum Gasteiger partial charge on any atom is -0.481 e. The molecule has 1 unspecified atom stereocenters. The number of carboxylic acids is 1. The van der Waals surface area contributed by atoms with E-state index in [9.17, 15) is 9.90 Å². The third-order valence-corrected chi connectivity index (χ3v) is 11.4. The zero-order valence-corrected chi connectivity index (χ0v) is 34.3. The van der Waals surface area contributed by atoms with Gasteiger partial charge in [-0.3, -0.25) is 4.79 Å². The van der Waals surface area contributed by atoms with Gasteiger partial charge in [-0.05, 0) is 12.8 Å². The van der Waals surface area contributed by atoms with Crippen molar-refractivity contribution < 1.29 is 9.90 Å². The Bertz CT molecular complexity index is 601. The fourth-order valence-electron chi connectivity index (χ4n) is 7.86. The van der Waals surface area contributed by atoms with Crippen molar-refractivity contribution in [3.63, 3.8) is 0 Å². The Labute approximate surface area is 310 Å². The number of carboxylic acid groups (broad SMARTS) is 1. The average molecular weight is 691 g/mol. The highest BCUT2D eigenvalue weighted by molar-refractivity contribution is 5.69. The van der Waals surface area contributed by atoms with Crippen LogP contribution in [0.15, 0.2) is 0 Å². The van der Waals surface area contributed by atoms with E-state index in [4.69, 9.17) is 0 Å². The van der Waals surface area contributed by atoms with E-state index >= 15 is 0 Å². The quantitative estimate of drug-likeness (QED) is 0.0646. The van der Waals surface area contributed by atoms with E-state index in [2.05, 4.69) is 13.8 Å². The van der Waals surface area contributed by atoms with Gasteiger partial charge in [-0.1, -0.05) is 277 Å². The lowest BCUT2D eigenvalue weighted by atomic mass is 9.94. The Morgan fingerprint density at radius 1 is 0.286 bits per heavy atom. The summed E-state index contributed by atoms with van der Waals surface area (Å²) < 4.78 is 0. The molecule has 49 heavy (non-hydrogen) atoms. The van der Waals surface area contributed by atoms with Crippen molar-refractivity contribution in [2.24, 2.45) is 5.92 Å². The molecule has 0 aliphatic rings. The fraction of sp³-hybridized carbons (Fsp3) is 0.979. The van der Waals surface area contributed by atoms with Crippen LogP contribution in [0.25, 0.3) is 0 Å². The Hall–Kier alpha value is -0.530. The predicted octanol–water partition coefficient (Wildman–Crippen LogP) is 17.5. The van der Waals surface area contributed by atoms with Gasteiger partial charge < -0.3 is 5.11 Å². The van der Waals surface area contributed by atoms with Crippen LogP contribution >= 0.6 is 0 Å². The Morgan fingerprint density at radius 3 is 0.571 bits per heavy atom. The highest BCUT2D eigenvalue weighted by atomic mass is 16.4. The number of carbonyl (C=O) groups is 1. The zero-order valence-electron chi connectivity index (χ0n) is 34.3. The molecule has 2 heteroatoms. The summed E-state index contributed by atoms with van der Waals surface area (Å²) in [5, 5.41) is 9.66. The molecule has 0 rings (SSSR count). The normalized spacial score (nSPS) is 12.2. The van der Waals surface area contributed by atoms with Gasteiger partial charge >= 0.3 is 5.97 Å². The lowest BCUT2D eigenvalue weighted by Gasteiger charge is -2.12. The van der Waals surface area contributed by atoms with Crippen LogP contribution < -0.4 is 0 Å². The summed E-state index contributed by atoms with van der Waals surface area (Å²) >= 11 is 0. The second-order valence-electron chi connectivity index (χ2n) is 16.4. The molecule has 0 aromatic heterocycles. The largest absolute Gasteiger partial charge is 0.481 e. The third-order valence-electron chi connectivity index (χ3n) is 11.4. The molecule has 0 aromatic carbocycles. The summed E-state index contributed by atoms with van der Waals surface area (Å²) in [5.41, 5.74) is 0. The van der Waals surface area contributed by atoms with Gasteiger partial charge in [0.15, 0.2) is 0 Å². The van der Waals surface area contributed by atoms with Crippen molar-refractivity contribution >= 4 is 5.97 Å². The maximum atomic E-state index is 11.7. The van der Waals surface area contributed by atoms with E-state index in [1.54, 1.807) is 0 Å². The van der Waals surface area contributed by atoms with E-state index < -0.39 is 5.97 Å². The van der Waals surface area contributed by atoms with Crippen LogP contribution in [0.5, 0.6) is 0 Å². The molecule has 294 valence electrons. The second-order valence-corrected chi connectivity index (χ2v) is 16.4. The highest BCUT2D eigenvalue weighted by Crippen LogP contribution is 2.21. The van der Waals surface area contributed by atoms with Gasteiger partial charge in [-0.25, -0.2) is 0 Å². The van der Waals surface area contributed by atoms with Gasteiger partial charge in [0.25, 0.3) is 0 Å². The maximum absolute atomic E-state index is 11.7. The topological polar surface area (TPSA) is 37.3 Å². The van der Waals surface area contributed by atoms with Gasteiger partial charge in [0, 0.05) is 0 Å². The lowest BCUT2D eigenvalue weighted by Crippen LogP contribution is -2.13. The molecule has 0 radical (unpaired) electrons. The van der Waals surface area contributed by atoms with Crippen molar-refractivity contribution in [2.75, 3.05) is 0 Å². The van der Waals surface area contributed by atoms with Crippen molar-refractivity contribution in [2.45, 2.75) is 290 Å². The van der Waals surface area contributed by atoms with Crippen molar-refractivity contribution in [1.82, 2.24) is 0 Å². The molecular weight excluding hydrogens is 597 g/mol. The molecule has 0 aliphatic heterocycles.